The molecule has 1 N–H and O–H groups in total. The maximum Gasteiger partial charge on any atom is 0.315 e. The monoisotopic (exact) mass is 318 g/mol. The molecule has 6 nitrogen and oxygen atoms in total. The van der Waals surface area contributed by atoms with Crippen LogP contribution in [0.1, 0.15) is 11.5 Å². The lowest BCUT2D eigenvalue weighted by Gasteiger charge is -2.09. The number of thioether (sulfide) groups is 1. The van der Waals surface area contributed by atoms with Gasteiger partial charge in [0.15, 0.2) is 17.2 Å². The van der Waals surface area contributed by atoms with Gasteiger partial charge < -0.3 is 14.3 Å². The van der Waals surface area contributed by atoms with Crippen LogP contribution in [0.5, 0.6) is 5.75 Å². The van der Waals surface area contributed by atoms with Crippen LogP contribution in [0.25, 0.3) is 22.0 Å². The minimum absolute atomic E-state index is 0.00778. The Bertz CT molecular complexity index is 888. The topological polar surface area (TPSA) is 85.5 Å². The standard InChI is InChI=1S/C15H14N2O4S/c1-7-4-5-16-11-10(7)14-12(17-8(2)21-14)15(13(11)19)22-6-9(18)20-3/h4-5,19H,6H2,1-3H3. The molecule has 2 heterocycles. The molecule has 2 aromatic heterocycles. The number of nitrogens with zero attached hydrogens (tertiary/aromatic N) is 2. The minimum atomic E-state index is -0.380. The van der Waals surface area contributed by atoms with Crippen LogP contribution in [-0.4, -0.2) is 33.9 Å². The van der Waals surface area contributed by atoms with E-state index in [0.717, 1.165) is 22.7 Å². The molecular formula is C15H14N2O4S. The molecule has 3 aromatic rings. The van der Waals surface area contributed by atoms with Crippen molar-refractivity contribution in [3.8, 4) is 5.75 Å². The SMILES string of the molecule is COC(=O)CSc1c(O)c2nccc(C)c2c2oc(C)nc12. The maximum atomic E-state index is 11.4. The van der Waals surface area contributed by atoms with Crippen LogP contribution in [0.4, 0.5) is 0 Å². The van der Waals surface area contributed by atoms with E-state index in [4.69, 9.17) is 4.42 Å². The summed E-state index contributed by atoms with van der Waals surface area (Å²) in [5, 5.41) is 11.3. The molecule has 0 atom stereocenters. The van der Waals surface area contributed by atoms with Gasteiger partial charge in [0.25, 0.3) is 0 Å². The summed E-state index contributed by atoms with van der Waals surface area (Å²) in [6.45, 7) is 3.66. The molecule has 0 aliphatic rings. The molecule has 0 saturated heterocycles. The first-order valence-corrected chi connectivity index (χ1v) is 7.58. The molecule has 1 aromatic carbocycles. The first kappa shape index (κ1) is 14.6. The number of fused-ring (bicyclic) bond motifs is 3. The van der Waals surface area contributed by atoms with Crippen molar-refractivity contribution in [3.05, 3.63) is 23.7 Å². The summed E-state index contributed by atoms with van der Waals surface area (Å²) in [4.78, 5) is 20.4. The van der Waals surface area contributed by atoms with Crippen LogP contribution in [0.15, 0.2) is 21.6 Å². The minimum Gasteiger partial charge on any atom is -0.504 e. The zero-order valence-corrected chi connectivity index (χ0v) is 13.2. The molecule has 0 fully saturated rings. The molecule has 0 spiro atoms. The van der Waals surface area contributed by atoms with Crippen LogP contribution in [0.3, 0.4) is 0 Å². The second-order valence-corrected chi connectivity index (χ2v) is 5.79. The van der Waals surface area contributed by atoms with Crippen molar-refractivity contribution in [1.29, 1.82) is 0 Å². The zero-order valence-electron chi connectivity index (χ0n) is 12.3. The number of phenols is 1. The fourth-order valence-electron chi connectivity index (χ4n) is 2.32. The smallest absolute Gasteiger partial charge is 0.315 e. The van der Waals surface area contributed by atoms with Gasteiger partial charge in [0.05, 0.1) is 23.1 Å². The largest absolute Gasteiger partial charge is 0.504 e. The summed E-state index contributed by atoms with van der Waals surface area (Å²) >= 11 is 1.16. The van der Waals surface area contributed by atoms with E-state index < -0.39 is 0 Å². The van der Waals surface area contributed by atoms with E-state index >= 15 is 0 Å². The molecule has 22 heavy (non-hydrogen) atoms. The molecule has 3 rings (SSSR count). The average Bonchev–Trinajstić information content (AvgIpc) is 2.88. The van der Waals surface area contributed by atoms with Crippen molar-refractivity contribution >= 4 is 39.7 Å². The van der Waals surface area contributed by atoms with Crippen LogP contribution >= 0.6 is 11.8 Å². The summed E-state index contributed by atoms with van der Waals surface area (Å²) < 4.78 is 10.3. The number of rotatable bonds is 3. The summed E-state index contributed by atoms with van der Waals surface area (Å²) in [6, 6.07) is 1.85. The molecule has 0 aliphatic carbocycles. The predicted octanol–water partition coefficient (Wildman–Crippen LogP) is 2.96. The van der Waals surface area contributed by atoms with Crippen LogP contribution in [-0.2, 0) is 9.53 Å². The molecule has 0 unspecified atom stereocenters. The van der Waals surface area contributed by atoms with Gasteiger partial charge in [-0.1, -0.05) is 0 Å². The Labute approximate surface area is 130 Å². The van der Waals surface area contributed by atoms with E-state index in [9.17, 15) is 9.90 Å². The lowest BCUT2D eigenvalue weighted by molar-refractivity contribution is -0.137. The van der Waals surface area contributed by atoms with Gasteiger partial charge in [-0.15, -0.1) is 11.8 Å². The van der Waals surface area contributed by atoms with Gasteiger partial charge in [0, 0.05) is 13.1 Å². The Morgan fingerprint density at radius 2 is 2.18 bits per heavy atom. The number of carbonyl (C=O) groups excluding carboxylic acids is 1. The second-order valence-electron chi connectivity index (χ2n) is 4.80. The third kappa shape index (κ3) is 2.27. The van der Waals surface area contributed by atoms with Gasteiger partial charge in [0.1, 0.15) is 11.0 Å². The molecule has 0 aliphatic heterocycles. The number of carbonyl (C=O) groups is 1. The highest BCUT2D eigenvalue weighted by Gasteiger charge is 2.21. The Balaban J connectivity index is 2.30. The number of esters is 1. The number of aromatic hydroxyl groups is 1. The van der Waals surface area contributed by atoms with E-state index in [-0.39, 0.29) is 17.5 Å². The Morgan fingerprint density at radius 1 is 1.41 bits per heavy atom. The molecule has 0 radical (unpaired) electrons. The zero-order chi connectivity index (χ0) is 15.9. The normalized spacial score (nSPS) is 11.2. The van der Waals surface area contributed by atoms with Gasteiger partial charge in [-0.05, 0) is 18.6 Å². The maximum absolute atomic E-state index is 11.4. The van der Waals surface area contributed by atoms with Crippen molar-refractivity contribution in [3.63, 3.8) is 0 Å². The lowest BCUT2D eigenvalue weighted by Crippen LogP contribution is -2.03. The summed E-state index contributed by atoms with van der Waals surface area (Å²) in [6.07, 6.45) is 1.63. The van der Waals surface area contributed by atoms with Crippen molar-refractivity contribution < 1.29 is 19.1 Å². The van der Waals surface area contributed by atoms with Gasteiger partial charge in [0.2, 0.25) is 0 Å². The fourth-order valence-corrected chi connectivity index (χ4v) is 3.21. The highest BCUT2D eigenvalue weighted by atomic mass is 32.2. The van der Waals surface area contributed by atoms with Crippen molar-refractivity contribution in [2.75, 3.05) is 12.9 Å². The van der Waals surface area contributed by atoms with Crippen molar-refractivity contribution in [1.82, 2.24) is 9.97 Å². The first-order chi connectivity index (χ1) is 10.5. The predicted molar refractivity (Wildman–Crippen MR) is 83.2 cm³/mol. The van der Waals surface area contributed by atoms with Gasteiger partial charge in [-0.25, -0.2) is 4.98 Å². The van der Waals surface area contributed by atoms with E-state index in [1.54, 1.807) is 13.1 Å². The number of benzene rings is 1. The third-order valence-corrected chi connectivity index (χ3v) is 4.39. The molecule has 0 saturated carbocycles. The third-order valence-electron chi connectivity index (χ3n) is 3.34. The van der Waals surface area contributed by atoms with Gasteiger partial charge in [-0.2, -0.15) is 0 Å². The van der Waals surface area contributed by atoms with E-state index in [0.29, 0.717) is 27.4 Å². The van der Waals surface area contributed by atoms with E-state index in [1.165, 1.54) is 7.11 Å². The summed E-state index contributed by atoms with van der Waals surface area (Å²) in [5.41, 5.74) is 2.48. The number of phenolic OH excluding ortho intramolecular Hbond substituents is 1. The Morgan fingerprint density at radius 3 is 2.91 bits per heavy atom. The molecule has 7 heteroatoms. The highest BCUT2D eigenvalue weighted by molar-refractivity contribution is 8.00. The van der Waals surface area contributed by atoms with Gasteiger partial charge >= 0.3 is 5.97 Å². The average molecular weight is 318 g/mol. The van der Waals surface area contributed by atoms with E-state index in [1.807, 2.05) is 13.0 Å². The number of aryl methyl sites for hydroxylation is 2. The quantitative estimate of drug-likeness (QED) is 0.587. The molecular weight excluding hydrogens is 304 g/mol. The Hall–Kier alpha value is -2.28. The van der Waals surface area contributed by atoms with Crippen molar-refractivity contribution in [2.45, 2.75) is 18.7 Å². The van der Waals surface area contributed by atoms with Crippen LogP contribution in [0.2, 0.25) is 0 Å². The van der Waals surface area contributed by atoms with Crippen LogP contribution in [0, 0.1) is 13.8 Å². The number of ether oxygens (including phenoxy) is 1. The number of oxazole rings is 1. The Kier molecular flexibility index (Phi) is 3.66. The molecule has 0 amide bonds. The highest BCUT2D eigenvalue weighted by Crippen LogP contribution is 2.42. The molecule has 0 bridgehead atoms. The van der Waals surface area contributed by atoms with Gasteiger partial charge in [-0.3, -0.25) is 9.78 Å². The van der Waals surface area contributed by atoms with E-state index in [2.05, 4.69) is 14.7 Å². The number of pyridine rings is 1. The second kappa shape index (κ2) is 5.49. The molecule has 114 valence electrons. The van der Waals surface area contributed by atoms with Crippen molar-refractivity contribution in [2.24, 2.45) is 0 Å². The first-order valence-electron chi connectivity index (χ1n) is 6.60. The lowest BCUT2D eigenvalue weighted by atomic mass is 10.1. The fraction of sp³-hybridized carbons (Fsp3) is 0.267. The summed E-state index contributed by atoms with van der Waals surface area (Å²) in [7, 11) is 1.32. The number of aromatic nitrogens is 2. The van der Waals surface area contributed by atoms with Crippen LogP contribution < -0.4 is 0 Å². The number of methoxy groups -OCH3 is 1. The number of hydrogen-bond acceptors (Lipinski definition) is 7. The summed E-state index contributed by atoms with van der Waals surface area (Å²) in [5.74, 6) is 0.191. The number of hydrogen-bond donors (Lipinski definition) is 1.